The Morgan fingerprint density at radius 3 is 2.76 bits per heavy atom. The van der Waals surface area contributed by atoms with Gasteiger partial charge in [0.1, 0.15) is 11.5 Å². The Balaban J connectivity index is 1.20. The molecule has 1 aliphatic carbocycles. The minimum Gasteiger partial charge on any atom is -0.497 e. The van der Waals surface area contributed by atoms with Gasteiger partial charge >= 0.3 is 0 Å². The maximum absolute atomic E-state index is 13.1. The van der Waals surface area contributed by atoms with Gasteiger partial charge in [0.25, 0.3) is 0 Å². The molecule has 190 valence electrons. The second-order valence-corrected chi connectivity index (χ2v) is 9.61. The number of methoxy groups -OCH3 is 2. The second-order valence-electron chi connectivity index (χ2n) is 9.61. The molecule has 1 fully saturated rings. The minimum atomic E-state index is -0.555. The summed E-state index contributed by atoms with van der Waals surface area (Å²) in [6, 6.07) is 17.6. The van der Waals surface area contributed by atoms with Crippen molar-refractivity contribution >= 4 is 34.0 Å². The van der Waals surface area contributed by atoms with Crippen molar-refractivity contribution < 1.29 is 14.3 Å². The molecule has 3 aromatic carbocycles. The standard InChI is InChI=1S/C27H24N8O3/c1-35-33-24(32-34-35)15-5-9-23(38-3)22(11-15)28-25-17-7-4-14(10-21(17)30-31-25)19-13-27(19)18-12-16(37-2)6-8-20(18)29-26(27)36/h4-12,19H,13H2,1-3H3,(H,29,36)(H2,28,30,31)/t19-,27-/m0/s1. The molecule has 0 unspecified atom stereocenters. The van der Waals surface area contributed by atoms with Gasteiger partial charge in [0.2, 0.25) is 11.7 Å². The van der Waals surface area contributed by atoms with Crippen LogP contribution in [0.2, 0.25) is 0 Å². The van der Waals surface area contributed by atoms with Crippen LogP contribution in [0.1, 0.15) is 23.5 Å². The van der Waals surface area contributed by atoms with Crippen LogP contribution in [0.25, 0.3) is 22.3 Å². The number of tetrazole rings is 1. The van der Waals surface area contributed by atoms with Crippen molar-refractivity contribution in [3.8, 4) is 22.9 Å². The van der Waals surface area contributed by atoms with E-state index in [2.05, 4.69) is 48.4 Å². The minimum absolute atomic E-state index is 0.0439. The van der Waals surface area contributed by atoms with Crippen molar-refractivity contribution in [3.05, 3.63) is 65.7 Å². The third-order valence-electron chi connectivity index (χ3n) is 7.53. The summed E-state index contributed by atoms with van der Waals surface area (Å²) in [5.74, 6) is 2.71. The number of aromatic amines is 1. The number of hydrogen-bond acceptors (Lipinski definition) is 8. The molecule has 2 aliphatic rings. The van der Waals surface area contributed by atoms with E-state index in [9.17, 15) is 4.79 Å². The summed E-state index contributed by atoms with van der Waals surface area (Å²) >= 11 is 0. The lowest BCUT2D eigenvalue weighted by Crippen LogP contribution is -2.21. The number of anilines is 3. The number of nitrogens with zero attached hydrogens (tertiary/aromatic N) is 5. The Morgan fingerprint density at radius 2 is 1.97 bits per heavy atom. The lowest BCUT2D eigenvalue weighted by atomic mass is 9.91. The van der Waals surface area contributed by atoms with Gasteiger partial charge in [-0.05, 0) is 71.3 Å². The Hall–Kier alpha value is -4.93. The molecule has 3 heterocycles. The first-order valence-corrected chi connectivity index (χ1v) is 12.2. The lowest BCUT2D eigenvalue weighted by molar-refractivity contribution is -0.118. The molecule has 0 saturated heterocycles. The van der Waals surface area contributed by atoms with Gasteiger partial charge < -0.3 is 20.1 Å². The van der Waals surface area contributed by atoms with Crippen LogP contribution in [0.4, 0.5) is 17.2 Å². The van der Waals surface area contributed by atoms with Crippen LogP contribution in [0.15, 0.2) is 54.6 Å². The number of benzene rings is 3. The van der Waals surface area contributed by atoms with E-state index in [-0.39, 0.29) is 11.8 Å². The van der Waals surface area contributed by atoms with Crippen LogP contribution in [-0.2, 0) is 17.3 Å². The van der Waals surface area contributed by atoms with Crippen molar-refractivity contribution in [3.63, 3.8) is 0 Å². The molecule has 0 bridgehead atoms. The molecular formula is C27H24N8O3. The molecule has 11 heteroatoms. The molecule has 5 aromatic rings. The van der Waals surface area contributed by atoms with E-state index < -0.39 is 5.41 Å². The van der Waals surface area contributed by atoms with Crippen molar-refractivity contribution in [2.45, 2.75) is 17.8 Å². The summed E-state index contributed by atoms with van der Waals surface area (Å²) in [7, 11) is 4.98. The van der Waals surface area contributed by atoms with Crippen molar-refractivity contribution in [2.24, 2.45) is 7.05 Å². The Morgan fingerprint density at radius 1 is 1.08 bits per heavy atom. The zero-order chi connectivity index (χ0) is 26.0. The predicted octanol–water partition coefficient (Wildman–Crippen LogP) is 3.89. The SMILES string of the molecule is COc1ccc2c(c1)[C@]1(C[C@H]1c1ccc3c(Nc4cc(-c5nnn(C)n5)ccc4OC)n[nH]c3c1)C(=O)N2. The number of aromatic nitrogens is 6. The number of fused-ring (bicyclic) bond motifs is 3. The first-order chi connectivity index (χ1) is 18.5. The van der Waals surface area contributed by atoms with Gasteiger partial charge in [-0.1, -0.05) is 6.07 Å². The summed E-state index contributed by atoms with van der Waals surface area (Å²) in [5.41, 5.74) is 4.80. The van der Waals surface area contributed by atoms with Gasteiger partial charge in [-0.15, -0.1) is 10.2 Å². The second kappa shape index (κ2) is 8.04. The number of amides is 1. The van der Waals surface area contributed by atoms with Gasteiger partial charge in [-0.25, -0.2) is 0 Å². The van der Waals surface area contributed by atoms with E-state index in [4.69, 9.17) is 9.47 Å². The maximum atomic E-state index is 13.1. The normalized spacial score (nSPS) is 19.4. The summed E-state index contributed by atoms with van der Waals surface area (Å²) in [5, 5.41) is 27.3. The van der Waals surface area contributed by atoms with Gasteiger partial charge in [0.05, 0.1) is 37.9 Å². The molecule has 1 spiro atoms. The van der Waals surface area contributed by atoms with Crippen LogP contribution < -0.4 is 20.1 Å². The molecule has 2 aromatic heterocycles. The third kappa shape index (κ3) is 3.24. The highest BCUT2D eigenvalue weighted by Crippen LogP contribution is 2.65. The molecule has 38 heavy (non-hydrogen) atoms. The van der Waals surface area contributed by atoms with Crippen molar-refractivity contribution in [1.82, 2.24) is 30.4 Å². The Kier molecular flexibility index (Phi) is 4.71. The highest BCUT2D eigenvalue weighted by Gasteiger charge is 2.65. The number of ether oxygens (including phenoxy) is 2. The molecule has 1 aliphatic heterocycles. The molecular weight excluding hydrogens is 484 g/mol. The van der Waals surface area contributed by atoms with Crippen LogP contribution in [0.5, 0.6) is 11.5 Å². The van der Waals surface area contributed by atoms with E-state index >= 15 is 0 Å². The van der Waals surface area contributed by atoms with E-state index in [0.29, 0.717) is 17.4 Å². The summed E-state index contributed by atoms with van der Waals surface area (Å²) in [6.07, 6.45) is 0.754. The fourth-order valence-electron chi connectivity index (χ4n) is 5.52. The van der Waals surface area contributed by atoms with E-state index in [1.165, 1.54) is 4.80 Å². The lowest BCUT2D eigenvalue weighted by Gasteiger charge is -2.11. The van der Waals surface area contributed by atoms with Gasteiger partial charge in [-0.3, -0.25) is 9.89 Å². The highest BCUT2D eigenvalue weighted by molar-refractivity contribution is 6.10. The smallest absolute Gasteiger partial charge is 0.235 e. The first kappa shape index (κ1) is 22.3. The number of rotatable bonds is 6. The topological polar surface area (TPSA) is 132 Å². The van der Waals surface area contributed by atoms with Crippen LogP contribution in [0.3, 0.4) is 0 Å². The largest absolute Gasteiger partial charge is 0.497 e. The molecule has 1 amide bonds. The molecule has 7 rings (SSSR count). The fourth-order valence-corrected chi connectivity index (χ4v) is 5.52. The van der Waals surface area contributed by atoms with Crippen LogP contribution >= 0.6 is 0 Å². The van der Waals surface area contributed by atoms with Crippen LogP contribution in [0, 0.1) is 0 Å². The summed E-state index contributed by atoms with van der Waals surface area (Å²) < 4.78 is 11.0. The quantitative estimate of drug-likeness (QED) is 0.315. The zero-order valence-corrected chi connectivity index (χ0v) is 20.9. The fraction of sp³-hybridized carbons (Fsp3) is 0.222. The van der Waals surface area contributed by atoms with Gasteiger partial charge in [0.15, 0.2) is 5.82 Å². The average Bonchev–Trinajstić information content (AvgIpc) is 3.17. The summed E-state index contributed by atoms with van der Waals surface area (Å²) in [6.45, 7) is 0. The molecule has 2 atom stereocenters. The Labute approximate surface area is 217 Å². The van der Waals surface area contributed by atoms with E-state index in [1.54, 1.807) is 21.3 Å². The number of nitrogens with one attached hydrogen (secondary N) is 3. The van der Waals surface area contributed by atoms with Gasteiger partial charge in [0, 0.05) is 22.6 Å². The molecule has 11 nitrogen and oxygen atoms in total. The Bertz CT molecular complexity index is 1740. The third-order valence-corrected chi connectivity index (χ3v) is 7.53. The maximum Gasteiger partial charge on any atom is 0.235 e. The predicted molar refractivity (Wildman–Crippen MR) is 141 cm³/mol. The molecule has 0 radical (unpaired) electrons. The average molecular weight is 509 g/mol. The van der Waals surface area contributed by atoms with Crippen molar-refractivity contribution in [2.75, 3.05) is 24.9 Å². The number of carbonyl (C=O) groups is 1. The first-order valence-electron chi connectivity index (χ1n) is 12.2. The monoisotopic (exact) mass is 508 g/mol. The highest BCUT2D eigenvalue weighted by atomic mass is 16.5. The van der Waals surface area contributed by atoms with Crippen molar-refractivity contribution in [1.29, 1.82) is 0 Å². The number of H-pyrrole nitrogens is 1. The van der Waals surface area contributed by atoms with E-state index in [0.717, 1.165) is 51.1 Å². The number of hydrogen-bond donors (Lipinski definition) is 3. The van der Waals surface area contributed by atoms with E-state index in [1.807, 2.05) is 42.5 Å². The number of aryl methyl sites for hydroxylation is 1. The summed E-state index contributed by atoms with van der Waals surface area (Å²) in [4.78, 5) is 14.5. The number of carbonyl (C=O) groups excluding carboxylic acids is 1. The van der Waals surface area contributed by atoms with Gasteiger partial charge in [-0.2, -0.15) is 9.90 Å². The van der Waals surface area contributed by atoms with Crippen LogP contribution in [-0.4, -0.2) is 50.5 Å². The zero-order valence-electron chi connectivity index (χ0n) is 20.9. The molecule has 3 N–H and O–H groups in total. The molecule has 1 saturated carbocycles.